The van der Waals surface area contributed by atoms with Gasteiger partial charge in [-0.2, -0.15) is 0 Å². The van der Waals surface area contributed by atoms with E-state index in [1.54, 1.807) is 6.07 Å². The Balaban J connectivity index is 2.33. The predicted octanol–water partition coefficient (Wildman–Crippen LogP) is 3.46. The van der Waals surface area contributed by atoms with E-state index >= 15 is 0 Å². The molecule has 1 heterocycles. The van der Waals surface area contributed by atoms with E-state index in [0.717, 1.165) is 23.0 Å². The Morgan fingerprint density at radius 2 is 2.20 bits per heavy atom. The molecule has 0 aliphatic carbocycles. The van der Waals surface area contributed by atoms with Crippen molar-refractivity contribution in [3.63, 3.8) is 0 Å². The Bertz CT molecular complexity index is 545. The van der Waals surface area contributed by atoms with Crippen molar-refractivity contribution in [2.75, 3.05) is 6.54 Å². The van der Waals surface area contributed by atoms with Gasteiger partial charge in [0.25, 0.3) is 11.6 Å². The second-order valence-corrected chi connectivity index (χ2v) is 6.54. The molecule has 0 aromatic heterocycles. The van der Waals surface area contributed by atoms with Gasteiger partial charge >= 0.3 is 0 Å². The van der Waals surface area contributed by atoms with Gasteiger partial charge in [-0.1, -0.05) is 13.8 Å². The zero-order valence-corrected chi connectivity index (χ0v) is 13.7. The molecule has 1 saturated heterocycles. The summed E-state index contributed by atoms with van der Waals surface area (Å²) in [6, 6.07) is 4.69. The van der Waals surface area contributed by atoms with Crippen molar-refractivity contribution in [1.29, 1.82) is 0 Å². The van der Waals surface area contributed by atoms with E-state index in [1.165, 1.54) is 12.1 Å². The van der Waals surface area contributed by atoms with Gasteiger partial charge in [0, 0.05) is 28.3 Å². The summed E-state index contributed by atoms with van der Waals surface area (Å²) in [6.07, 6.45) is 2.01. The third-order valence-corrected chi connectivity index (χ3v) is 4.66. The van der Waals surface area contributed by atoms with Crippen LogP contribution in [0.5, 0.6) is 0 Å². The number of non-ortho nitro benzene ring substituents is 1. The average molecular weight is 388 g/mol. The molecular weight excluding hydrogens is 371 g/mol. The van der Waals surface area contributed by atoms with Crippen LogP contribution in [0.15, 0.2) is 18.2 Å². The van der Waals surface area contributed by atoms with Gasteiger partial charge in [-0.3, -0.25) is 14.9 Å². The number of amides is 1. The standard InChI is InChI=1S/C14H17IN2O3/c1-9(2)13-4-3-7-16(13)14(18)11-8-10(17(19)20)5-6-12(11)15/h5-6,8-9,13H,3-4,7H2,1-2H3. The summed E-state index contributed by atoms with van der Waals surface area (Å²) in [5.41, 5.74) is 0.404. The van der Waals surface area contributed by atoms with Gasteiger partial charge < -0.3 is 4.90 Å². The molecule has 1 aliphatic heterocycles. The Kier molecular flexibility index (Phi) is 4.62. The molecule has 0 saturated carbocycles. The molecule has 1 aromatic carbocycles. The number of nitro benzene ring substituents is 1. The highest BCUT2D eigenvalue weighted by Crippen LogP contribution is 2.28. The van der Waals surface area contributed by atoms with Crippen molar-refractivity contribution in [2.45, 2.75) is 32.7 Å². The Hall–Kier alpha value is -1.18. The molecule has 1 aliphatic rings. The molecule has 1 unspecified atom stereocenters. The van der Waals surface area contributed by atoms with Crippen LogP contribution >= 0.6 is 22.6 Å². The second kappa shape index (κ2) is 6.07. The maximum absolute atomic E-state index is 12.7. The van der Waals surface area contributed by atoms with Crippen LogP contribution in [0, 0.1) is 19.6 Å². The highest BCUT2D eigenvalue weighted by molar-refractivity contribution is 14.1. The minimum Gasteiger partial charge on any atom is -0.335 e. The zero-order valence-electron chi connectivity index (χ0n) is 11.5. The molecule has 6 heteroatoms. The number of halogens is 1. The van der Waals surface area contributed by atoms with E-state index in [0.29, 0.717) is 11.5 Å². The predicted molar refractivity (Wildman–Crippen MR) is 84.7 cm³/mol. The van der Waals surface area contributed by atoms with E-state index in [4.69, 9.17) is 0 Å². The van der Waals surface area contributed by atoms with Crippen LogP contribution in [-0.4, -0.2) is 28.3 Å². The van der Waals surface area contributed by atoms with Crippen molar-refractivity contribution in [2.24, 2.45) is 5.92 Å². The molecule has 0 radical (unpaired) electrons. The highest BCUT2D eigenvalue weighted by atomic mass is 127. The van der Waals surface area contributed by atoms with Crippen molar-refractivity contribution in [3.8, 4) is 0 Å². The number of nitro groups is 1. The van der Waals surface area contributed by atoms with E-state index in [9.17, 15) is 14.9 Å². The summed E-state index contributed by atoms with van der Waals surface area (Å²) < 4.78 is 0.757. The summed E-state index contributed by atoms with van der Waals surface area (Å²) >= 11 is 2.06. The lowest BCUT2D eigenvalue weighted by atomic mass is 10.0. The average Bonchev–Trinajstić information content (AvgIpc) is 2.87. The SMILES string of the molecule is CC(C)C1CCCN1C(=O)c1cc([N+](=O)[O-])ccc1I. The van der Waals surface area contributed by atoms with Gasteiger partial charge in [0.05, 0.1) is 10.5 Å². The molecule has 0 spiro atoms. The van der Waals surface area contributed by atoms with Crippen molar-refractivity contribution in [1.82, 2.24) is 4.90 Å². The monoisotopic (exact) mass is 388 g/mol. The summed E-state index contributed by atoms with van der Waals surface area (Å²) in [5, 5.41) is 10.9. The fourth-order valence-corrected chi connectivity index (χ4v) is 3.25. The summed E-state index contributed by atoms with van der Waals surface area (Å²) in [6.45, 7) is 4.95. The summed E-state index contributed by atoms with van der Waals surface area (Å²) in [5.74, 6) is 0.312. The van der Waals surface area contributed by atoms with Crippen LogP contribution in [0.25, 0.3) is 0 Å². The molecule has 0 bridgehead atoms. The van der Waals surface area contributed by atoms with Crippen LogP contribution in [0.2, 0.25) is 0 Å². The number of carbonyl (C=O) groups excluding carboxylic acids is 1. The van der Waals surface area contributed by atoms with Crippen molar-refractivity contribution in [3.05, 3.63) is 37.4 Å². The fraction of sp³-hybridized carbons (Fsp3) is 0.500. The Morgan fingerprint density at radius 1 is 1.50 bits per heavy atom. The van der Waals surface area contributed by atoms with Gasteiger partial charge in [0.2, 0.25) is 0 Å². The number of rotatable bonds is 3. The van der Waals surface area contributed by atoms with Gasteiger partial charge in [-0.05, 0) is 47.4 Å². The minimum atomic E-state index is -0.462. The quantitative estimate of drug-likeness (QED) is 0.453. The fourth-order valence-electron chi connectivity index (χ4n) is 2.68. The summed E-state index contributed by atoms with van der Waals surface area (Å²) in [7, 11) is 0. The minimum absolute atomic E-state index is 0.0333. The van der Waals surface area contributed by atoms with Gasteiger partial charge in [0.1, 0.15) is 0 Å². The molecular formula is C14H17IN2O3. The lowest BCUT2D eigenvalue weighted by molar-refractivity contribution is -0.384. The van der Waals surface area contributed by atoms with E-state index < -0.39 is 4.92 Å². The first-order valence-electron chi connectivity index (χ1n) is 6.66. The van der Waals surface area contributed by atoms with Crippen LogP contribution in [0.3, 0.4) is 0 Å². The van der Waals surface area contributed by atoms with Crippen LogP contribution in [0.4, 0.5) is 5.69 Å². The first-order chi connectivity index (χ1) is 9.41. The van der Waals surface area contributed by atoms with Gasteiger partial charge in [0.15, 0.2) is 0 Å². The van der Waals surface area contributed by atoms with Gasteiger partial charge in [-0.15, -0.1) is 0 Å². The lowest BCUT2D eigenvalue weighted by Crippen LogP contribution is -2.38. The molecule has 1 amide bonds. The molecule has 5 nitrogen and oxygen atoms in total. The molecule has 1 atom stereocenters. The number of likely N-dealkylation sites (tertiary alicyclic amines) is 1. The Labute approximate surface area is 131 Å². The number of hydrogen-bond donors (Lipinski definition) is 0. The lowest BCUT2D eigenvalue weighted by Gasteiger charge is -2.28. The maximum atomic E-state index is 12.7. The van der Waals surface area contributed by atoms with Gasteiger partial charge in [-0.25, -0.2) is 0 Å². The molecule has 1 fully saturated rings. The largest absolute Gasteiger partial charge is 0.335 e. The second-order valence-electron chi connectivity index (χ2n) is 5.37. The number of hydrogen-bond acceptors (Lipinski definition) is 3. The van der Waals surface area contributed by atoms with Crippen LogP contribution < -0.4 is 0 Å². The Morgan fingerprint density at radius 3 is 2.80 bits per heavy atom. The molecule has 108 valence electrons. The first kappa shape index (κ1) is 15.2. The maximum Gasteiger partial charge on any atom is 0.270 e. The number of benzene rings is 1. The molecule has 0 N–H and O–H groups in total. The van der Waals surface area contributed by atoms with Crippen LogP contribution in [0.1, 0.15) is 37.0 Å². The van der Waals surface area contributed by atoms with Crippen molar-refractivity contribution < 1.29 is 9.72 Å². The number of nitrogens with zero attached hydrogens (tertiary/aromatic N) is 2. The zero-order chi connectivity index (χ0) is 14.9. The van der Waals surface area contributed by atoms with E-state index in [-0.39, 0.29) is 17.6 Å². The third kappa shape index (κ3) is 2.94. The number of carbonyl (C=O) groups is 1. The van der Waals surface area contributed by atoms with Crippen molar-refractivity contribution >= 4 is 34.2 Å². The smallest absolute Gasteiger partial charge is 0.270 e. The third-order valence-electron chi connectivity index (χ3n) is 3.72. The normalized spacial score (nSPS) is 18.6. The van der Waals surface area contributed by atoms with E-state index in [2.05, 4.69) is 36.4 Å². The first-order valence-corrected chi connectivity index (χ1v) is 7.74. The topological polar surface area (TPSA) is 63.5 Å². The highest BCUT2D eigenvalue weighted by Gasteiger charge is 2.32. The molecule has 1 aromatic rings. The summed E-state index contributed by atoms with van der Waals surface area (Å²) in [4.78, 5) is 24.9. The van der Waals surface area contributed by atoms with Crippen LogP contribution in [-0.2, 0) is 0 Å². The van der Waals surface area contributed by atoms with E-state index in [1.807, 2.05) is 4.90 Å². The molecule has 20 heavy (non-hydrogen) atoms. The molecule has 2 rings (SSSR count).